The van der Waals surface area contributed by atoms with Gasteiger partial charge in [0.2, 0.25) is 0 Å². The molecule has 0 unspecified atom stereocenters. The molecule has 2 aromatic rings. The zero-order valence-corrected chi connectivity index (χ0v) is 11.8. The molecule has 4 heteroatoms. The third-order valence-corrected chi connectivity index (χ3v) is 3.36. The van der Waals surface area contributed by atoms with Crippen LogP contribution in [-0.2, 0) is 0 Å². The Morgan fingerprint density at radius 3 is 2.21 bits per heavy atom. The van der Waals surface area contributed by atoms with Crippen LogP contribution in [0.15, 0.2) is 42.5 Å². The Hall–Kier alpha value is -1.51. The molecule has 0 heterocycles. The van der Waals surface area contributed by atoms with Crippen LogP contribution in [0.5, 0.6) is 11.5 Å². The average molecular weight is 295 g/mol. The molecule has 0 aromatic heterocycles. The first kappa shape index (κ1) is 13.9. The van der Waals surface area contributed by atoms with E-state index in [9.17, 15) is 4.79 Å². The zero-order valence-electron chi connectivity index (χ0n) is 10.3. The Labute approximate surface area is 121 Å². The Morgan fingerprint density at radius 1 is 1.00 bits per heavy atom. The Balaban J connectivity index is 2.15. The van der Waals surface area contributed by atoms with Gasteiger partial charge in [-0.15, -0.1) is 0 Å². The first-order valence-corrected chi connectivity index (χ1v) is 6.62. The van der Waals surface area contributed by atoms with Crippen LogP contribution >= 0.6 is 23.2 Å². The highest BCUT2D eigenvalue weighted by Gasteiger charge is 2.04. The summed E-state index contributed by atoms with van der Waals surface area (Å²) in [6.45, 7) is 1.84. The lowest BCUT2D eigenvalue weighted by molar-refractivity contribution is 0.0988. The fraction of sp³-hybridized carbons (Fsp3) is 0.133. The largest absolute Gasteiger partial charge is 0.457 e. The lowest BCUT2D eigenvalue weighted by Gasteiger charge is -2.07. The minimum atomic E-state index is 0.112. The summed E-state index contributed by atoms with van der Waals surface area (Å²) in [7, 11) is 0. The fourth-order valence-corrected chi connectivity index (χ4v) is 1.88. The van der Waals surface area contributed by atoms with Crippen molar-refractivity contribution in [1.29, 1.82) is 0 Å². The molecule has 0 aliphatic carbocycles. The summed E-state index contributed by atoms with van der Waals surface area (Å²) in [5.74, 6) is 1.36. The molecule has 2 rings (SSSR count). The Morgan fingerprint density at radius 2 is 1.63 bits per heavy atom. The van der Waals surface area contributed by atoms with Gasteiger partial charge in [-0.3, -0.25) is 4.79 Å². The van der Waals surface area contributed by atoms with Gasteiger partial charge < -0.3 is 4.74 Å². The smallest absolute Gasteiger partial charge is 0.162 e. The van der Waals surface area contributed by atoms with Crippen molar-refractivity contribution in [2.75, 3.05) is 0 Å². The van der Waals surface area contributed by atoms with Crippen LogP contribution < -0.4 is 4.74 Å². The van der Waals surface area contributed by atoms with Gasteiger partial charge >= 0.3 is 0 Å². The van der Waals surface area contributed by atoms with Crippen molar-refractivity contribution in [2.24, 2.45) is 0 Å². The van der Waals surface area contributed by atoms with Crippen molar-refractivity contribution in [2.45, 2.75) is 13.3 Å². The van der Waals surface area contributed by atoms with Crippen molar-refractivity contribution in [1.82, 2.24) is 0 Å². The lowest BCUT2D eigenvalue weighted by atomic mass is 10.1. The van der Waals surface area contributed by atoms with Gasteiger partial charge in [0.05, 0.1) is 10.0 Å². The number of hydrogen-bond acceptors (Lipinski definition) is 2. The molecule has 0 N–H and O–H groups in total. The number of carbonyl (C=O) groups excluding carboxylic acids is 1. The van der Waals surface area contributed by atoms with E-state index >= 15 is 0 Å². The van der Waals surface area contributed by atoms with Crippen molar-refractivity contribution in [3.63, 3.8) is 0 Å². The molecule has 0 fully saturated rings. The maximum atomic E-state index is 11.5. The standard InChI is InChI=1S/C15H12Cl2O2/c1-2-15(18)10-3-5-11(6-4-10)19-12-7-8-13(16)14(17)9-12/h3-9H,2H2,1H3. The van der Waals surface area contributed by atoms with Crippen LogP contribution in [0.25, 0.3) is 0 Å². The molecule has 0 bridgehead atoms. The average Bonchev–Trinajstić information content (AvgIpc) is 2.43. The van der Waals surface area contributed by atoms with Gasteiger partial charge in [0.25, 0.3) is 0 Å². The molecule has 0 atom stereocenters. The molecule has 2 aromatic carbocycles. The van der Waals surface area contributed by atoms with Crippen LogP contribution in [0, 0.1) is 0 Å². The number of ketones is 1. The van der Waals surface area contributed by atoms with E-state index in [1.54, 1.807) is 42.5 Å². The monoisotopic (exact) mass is 294 g/mol. The highest BCUT2D eigenvalue weighted by atomic mass is 35.5. The summed E-state index contributed by atoms with van der Waals surface area (Å²) in [6.07, 6.45) is 0.493. The van der Waals surface area contributed by atoms with E-state index in [2.05, 4.69) is 0 Å². The third kappa shape index (κ3) is 3.49. The predicted octanol–water partition coefficient (Wildman–Crippen LogP) is 5.38. The highest BCUT2D eigenvalue weighted by Crippen LogP contribution is 2.29. The minimum Gasteiger partial charge on any atom is -0.457 e. The normalized spacial score (nSPS) is 10.3. The van der Waals surface area contributed by atoms with Crippen LogP contribution in [0.1, 0.15) is 23.7 Å². The van der Waals surface area contributed by atoms with E-state index in [1.165, 1.54) is 0 Å². The first-order chi connectivity index (χ1) is 9.10. The van der Waals surface area contributed by atoms with E-state index < -0.39 is 0 Å². The zero-order chi connectivity index (χ0) is 13.8. The summed E-state index contributed by atoms with van der Waals surface area (Å²) in [6, 6.07) is 12.1. The minimum absolute atomic E-state index is 0.112. The van der Waals surface area contributed by atoms with Crippen LogP contribution in [0.2, 0.25) is 10.0 Å². The molecule has 2 nitrogen and oxygen atoms in total. The van der Waals surface area contributed by atoms with Gasteiger partial charge in [0.1, 0.15) is 11.5 Å². The quantitative estimate of drug-likeness (QED) is 0.708. The van der Waals surface area contributed by atoms with Gasteiger partial charge in [0, 0.05) is 18.1 Å². The number of hydrogen-bond donors (Lipinski definition) is 0. The fourth-order valence-electron chi connectivity index (χ4n) is 1.59. The van der Waals surface area contributed by atoms with Gasteiger partial charge in [-0.25, -0.2) is 0 Å². The maximum absolute atomic E-state index is 11.5. The maximum Gasteiger partial charge on any atom is 0.162 e. The second-order valence-electron chi connectivity index (χ2n) is 3.98. The van der Waals surface area contributed by atoms with Crippen LogP contribution in [0.4, 0.5) is 0 Å². The SMILES string of the molecule is CCC(=O)c1ccc(Oc2ccc(Cl)c(Cl)c2)cc1. The summed E-state index contributed by atoms with van der Waals surface area (Å²) < 4.78 is 5.63. The topological polar surface area (TPSA) is 26.3 Å². The molecule has 0 saturated heterocycles. The number of rotatable bonds is 4. The van der Waals surface area contributed by atoms with Gasteiger partial charge in [-0.1, -0.05) is 30.1 Å². The second-order valence-corrected chi connectivity index (χ2v) is 4.79. The van der Waals surface area contributed by atoms with Crippen LogP contribution in [0.3, 0.4) is 0 Å². The number of ether oxygens (including phenoxy) is 1. The highest BCUT2D eigenvalue weighted by molar-refractivity contribution is 6.42. The molecule has 0 saturated carbocycles. The van der Waals surface area contributed by atoms with Gasteiger partial charge in [-0.05, 0) is 36.4 Å². The summed E-state index contributed by atoms with van der Waals surface area (Å²) in [5, 5.41) is 0.926. The number of benzene rings is 2. The Bertz CT molecular complexity index is 592. The van der Waals surface area contributed by atoms with Crippen molar-refractivity contribution < 1.29 is 9.53 Å². The Kier molecular flexibility index (Phi) is 4.46. The first-order valence-electron chi connectivity index (χ1n) is 5.86. The number of carbonyl (C=O) groups is 1. The van der Waals surface area contributed by atoms with Crippen molar-refractivity contribution >= 4 is 29.0 Å². The molecule has 0 aliphatic rings. The van der Waals surface area contributed by atoms with Crippen molar-refractivity contribution in [3.05, 3.63) is 58.1 Å². The van der Waals surface area contributed by atoms with Crippen molar-refractivity contribution in [3.8, 4) is 11.5 Å². The van der Waals surface area contributed by atoms with E-state index in [0.717, 1.165) is 0 Å². The third-order valence-electron chi connectivity index (χ3n) is 2.62. The predicted molar refractivity (Wildman–Crippen MR) is 77.6 cm³/mol. The molecule has 0 radical (unpaired) electrons. The summed E-state index contributed by atoms with van der Waals surface area (Å²) in [4.78, 5) is 11.5. The molecular formula is C15H12Cl2O2. The van der Waals surface area contributed by atoms with Crippen LogP contribution in [-0.4, -0.2) is 5.78 Å². The molecule has 0 spiro atoms. The van der Waals surface area contributed by atoms with E-state index in [4.69, 9.17) is 27.9 Å². The van der Waals surface area contributed by atoms with Gasteiger partial charge in [0.15, 0.2) is 5.78 Å². The lowest BCUT2D eigenvalue weighted by Crippen LogP contribution is -1.95. The molecule has 98 valence electrons. The van der Waals surface area contributed by atoms with E-state index in [0.29, 0.717) is 33.5 Å². The molecule has 0 aliphatic heterocycles. The molecule has 19 heavy (non-hydrogen) atoms. The number of Topliss-reactive ketones (excluding diaryl/α,β-unsaturated/α-hetero) is 1. The summed E-state index contributed by atoms with van der Waals surface area (Å²) in [5.41, 5.74) is 0.684. The van der Waals surface area contributed by atoms with E-state index in [-0.39, 0.29) is 5.78 Å². The number of halogens is 2. The van der Waals surface area contributed by atoms with Gasteiger partial charge in [-0.2, -0.15) is 0 Å². The van der Waals surface area contributed by atoms with E-state index in [1.807, 2.05) is 6.92 Å². The molecular weight excluding hydrogens is 283 g/mol. The second kappa shape index (κ2) is 6.09. The summed E-state index contributed by atoms with van der Waals surface area (Å²) >= 11 is 11.7. The molecule has 0 amide bonds.